The van der Waals surface area contributed by atoms with Gasteiger partial charge in [-0.1, -0.05) is 36.4 Å². The standard InChI is InChI=1S/C24H16F6O3P/c1-13-7-5-8-14(2)19(13)21(31)15-9-3-4-12-18(15)34(33)22(32)20-16(23(25,26)27)10-6-11-17(20)24(28,29)30/h3-12H,1-2H3. The van der Waals surface area contributed by atoms with Gasteiger partial charge in [-0.15, -0.1) is 0 Å². The first-order chi connectivity index (χ1) is 15.7. The minimum Gasteiger partial charge on any atom is -0.289 e. The van der Waals surface area contributed by atoms with Crippen molar-refractivity contribution in [3.8, 4) is 0 Å². The Balaban J connectivity index is 2.19. The highest BCUT2D eigenvalue weighted by Gasteiger charge is 2.44. The Kier molecular flexibility index (Phi) is 6.80. The van der Waals surface area contributed by atoms with Crippen molar-refractivity contribution >= 4 is 24.4 Å². The van der Waals surface area contributed by atoms with E-state index in [0.717, 1.165) is 6.07 Å². The van der Waals surface area contributed by atoms with Crippen molar-refractivity contribution in [1.82, 2.24) is 0 Å². The van der Waals surface area contributed by atoms with Crippen LogP contribution in [0.15, 0.2) is 60.7 Å². The highest BCUT2D eigenvalue weighted by Crippen LogP contribution is 2.43. The van der Waals surface area contributed by atoms with Crippen LogP contribution in [0.3, 0.4) is 0 Å². The number of alkyl halides is 6. The summed E-state index contributed by atoms with van der Waals surface area (Å²) in [5.41, 5.74) is -6.20. The van der Waals surface area contributed by atoms with Gasteiger partial charge >= 0.3 is 12.4 Å². The average Bonchev–Trinajstić information content (AvgIpc) is 2.76. The third-order valence-electron chi connectivity index (χ3n) is 5.15. The monoisotopic (exact) mass is 497 g/mol. The average molecular weight is 497 g/mol. The maximum atomic E-state index is 13.5. The number of benzene rings is 3. The molecule has 0 heterocycles. The van der Waals surface area contributed by atoms with Gasteiger partial charge in [0.25, 0.3) is 0 Å². The zero-order valence-electron chi connectivity index (χ0n) is 17.7. The van der Waals surface area contributed by atoms with Gasteiger partial charge in [0, 0.05) is 11.1 Å². The van der Waals surface area contributed by atoms with E-state index in [-0.39, 0.29) is 11.1 Å². The van der Waals surface area contributed by atoms with Gasteiger partial charge in [-0.25, -0.2) is 0 Å². The van der Waals surface area contributed by atoms with Crippen LogP contribution >= 0.6 is 7.80 Å². The Bertz CT molecular complexity index is 1260. The van der Waals surface area contributed by atoms with Gasteiger partial charge in [-0.2, -0.15) is 26.3 Å². The van der Waals surface area contributed by atoms with Gasteiger partial charge in [-0.05, 0) is 49.2 Å². The van der Waals surface area contributed by atoms with Crippen LogP contribution in [0.5, 0.6) is 0 Å². The van der Waals surface area contributed by atoms with E-state index in [2.05, 4.69) is 0 Å². The summed E-state index contributed by atoms with van der Waals surface area (Å²) in [6.07, 6.45) is -10.6. The van der Waals surface area contributed by atoms with E-state index in [4.69, 9.17) is 0 Å². The van der Waals surface area contributed by atoms with Crippen molar-refractivity contribution in [2.24, 2.45) is 0 Å². The number of carbonyl (C=O) groups excluding carboxylic acids is 2. The minimum atomic E-state index is -5.31. The van der Waals surface area contributed by atoms with Gasteiger partial charge in [0.05, 0.1) is 22.0 Å². The number of rotatable bonds is 5. The van der Waals surface area contributed by atoms with Gasteiger partial charge in [0.1, 0.15) is 0 Å². The molecule has 0 fully saturated rings. The quantitative estimate of drug-likeness (QED) is 0.220. The van der Waals surface area contributed by atoms with Crippen LogP contribution in [0.25, 0.3) is 0 Å². The van der Waals surface area contributed by atoms with Crippen LogP contribution in [0.4, 0.5) is 26.3 Å². The topological polar surface area (TPSA) is 51.2 Å². The lowest BCUT2D eigenvalue weighted by Crippen LogP contribution is -2.22. The predicted molar refractivity (Wildman–Crippen MR) is 114 cm³/mol. The summed E-state index contributed by atoms with van der Waals surface area (Å²) < 4.78 is 94.1. The SMILES string of the molecule is Cc1cccc(C)c1C(=O)c1ccccc1[P](=O)C(=O)c1c(C(F)(F)F)cccc1C(F)(F)F. The van der Waals surface area contributed by atoms with Crippen molar-refractivity contribution < 1.29 is 40.5 Å². The first kappa shape index (κ1) is 25.3. The molecule has 0 bridgehead atoms. The first-order valence-corrected chi connectivity index (χ1v) is 11.0. The van der Waals surface area contributed by atoms with E-state index in [1.807, 2.05) is 0 Å². The highest BCUT2D eigenvalue weighted by atomic mass is 31.1. The van der Waals surface area contributed by atoms with Crippen molar-refractivity contribution in [2.45, 2.75) is 26.2 Å². The maximum Gasteiger partial charge on any atom is 0.417 e. The molecule has 1 atom stereocenters. The fraction of sp³-hybridized carbons (Fsp3) is 0.167. The molecule has 3 nitrogen and oxygen atoms in total. The third kappa shape index (κ3) is 4.80. The Hall–Kier alpha value is -3.32. The number of hydrogen-bond acceptors (Lipinski definition) is 3. The Labute approximate surface area is 191 Å². The van der Waals surface area contributed by atoms with Crippen molar-refractivity contribution in [3.05, 3.63) is 99.6 Å². The summed E-state index contributed by atoms with van der Waals surface area (Å²) >= 11 is 0. The summed E-state index contributed by atoms with van der Waals surface area (Å²) in [6, 6.07) is 11.1. The van der Waals surface area contributed by atoms with E-state index >= 15 is 0 Å². The number of ketones is 1. The number of carbonyl (C=O) groups is 2. The summed E-state index contributed by atoms with van der Waals surface area (Å²) in [5.74, 6) is -0.650. The lowest BCUT2D eigenvalue weighted by molar-refractivity contribution is -0.143. The molecule has 3 aromatic rings. The summed E-state index contributed by atoms with van der Waals surface area (Å²) in [7, 11) is -3.51. The third-order valence-corrected chi connectivity index (χ3v) is 6.57. The molecule has 0 aliphatic carbocycles. The second kappa shape index (κ2) is 9.14. The second-order valence-corrected chi connectivity index (χ2v) is 8.91. The molecule has 0 saturated heterocycles. The van der Waals surface area contributed by atoms with E-state index < -0.39 is 53.5 Å². The fourth-order valence-corrected chi connectivity index (χ4v) is 4.90. The van der Waals surface area contributed by atoms with E-state index in [9.17, 15) is 40.5 Å². The zero-order chi connectivity index (χ0) is 25.4. The molecule has 1 radical (unpaired) electrons. The molecule has 3 rings (SSSR count). The molecular weight excluding hydrogens is 481 g/mol. The second-order valence-electron chi connectivity index (χ2n) is 7.44. The molecule has 0 saturated carbocycles. The van der Waals surface area contributed by atoms with E-state index in [0.29, 0.717) is 29.3 Å². The van der Waals surface area contributed by atoms with Crippen LogP contribution in [-0.2, 0) is 16.9 Å². The van der Waals surface area contributed by atoms with Gasteiger partial charge in [-0.3, -0.25) is 14.2 Å². The normalized spacial score (nSPS) is 12.4. The highest BCUT2D eigenvalue weighted by molar-refractivity contribution is 7.71. The van der Waals surface area contributed by atoms with Gasteiger partial charge in [0.15, 0.2) is 13.6 Å². The molecule has 3 aromatic carbocycles. The molecule has 0 spiro atoms. The number of hydrogen-bond donors (Lipinski definition) is 0. The number of aryl methyl sites for hydroxylation is 2. The molecule has 10 heteroatoms. The summed E-state index contributed by atoms with van der Waals surface area (Å²) in [6.45, 7) is 3.28. The minimum absolute atomic E-state index is 0.234. The fourth-order valence-electron chi connectivity index (χ4n) is 3.62. The molecule has 0 N–H and O–H groups in total. The van der Waals surface area contributed by atoms with E-state index in [1.54, 1.807) is 32.0 Å². The molecule has 0 aromatic heterocycles. The predicted octanol–water partition coefficient (Wildman–Crippen LogP) is 6.87. The largest absolute Gasteiger partial charge is 0.417 e. The van der Waals surface area contributed by atoms with Gasteiger partial charge in [0.2, 0.25) is 5.52 Å². The Morgan fingerprint density at radius 3 is 1.65 bits per heavy atom. The van der Waals surface area contributed by atoms with Crippen LogP contribution in [-0.4, -0.2) is 11.3 Å². The molecule has 0 aliphatic heterocycles. The van der Waals surface area contributed by atoms with Crippen molar-refractivity contribution in [1.29, 1.82) is 0 Å². The lowest BCUT2D eigenvalue weighted by Gasteiger charge is -2.18. The molecule has 0 amide bonds. The van der Waals surface area contributed by atoms with Gasteiger partial charge < -0.3 is 0 Å². The number of halogens is 6. The molecule has 34 heavy (non-hydrogen) atoms. The van der Waals surface area contributed by atoms with Crippen LogP contribution < -0.4 is 5.30 Å². The Morgan fingerprint density at radius 2 is 1.15 bits per heavy atom. The molecular formula is C24H16F6O3P. The van der Waals surface area contributed by atoms with Crippen LogP contribution in [0, 0.1) is 13.8 Å². The van der Waals surface area contributed by atoms with E-state index in [1.165, 1.54) is 18.2 Å². The smallest absolute Gasteiger partial charge is 0.289 e. The van der Waals surface area contributed by atoms with Crippen molar-refractivity contribution in [3.63, 3.8) is 0 Å². The first-order valence-electron chi connectivity index (χ1n) is 9.74. The Morgan fingerprint density at radius 1 is 0.676 bits per heavy atom. The summed E-state index contributed by atoms with van der Waals surface area (Å²) in [4.78, 5) is 26.2. The van der Waals surface area contributed by atoms with Crippen LogP contribution in [0.2, 0.25) is 0 Å². The van der Waals surface area contributed by atoms with Crippen LogP contribution in [0.1, 0.15) is 48.5 Å². The molecule has 0 aliphatic rings. The summed E-state index contributed by atoms with van der Waals surface area (Å²) in [5, 5.41) is -0.444. The van der Waals surface area contributed by atoms with Crippen molar-refractivity contribution in [2.75, 3.05) is 0 Å². The zero-order valence-corrected chi connectivity index (χ0v) is 18.6. The molecule has 177 valence electrons. The molecule has 1 unspecified atom stereocenters. The lowest BCUT2D eigenvalue weighted by atomic mass is 9.95. The maximum absolute atomic E-state index is 13.5.